The highest BCUT2D eigenvalue weighted by Crippen LogP contribution is 2.45. The molecule has 0 saturated heterocycles. The van der Waals surface area contributed by atoms with Gasteiger partial charge in [-0.3, -0.25) is 4.98 Å². The van der Waals surface area contributed by atoms with E-state index in [0.29, 0.717) is 17.7 Å². The van der Waals surface area contributed by atoms with Crippen LogP contribution in [0.4, 0.5) is 5.82 Å². The van der Waals surface area contributed by atoms with E-state index in [1.807, 2.05) is 11.3 Å². The maximum atomic E-state index is 6.07. The Morgan fingerprint density at radius 2 is 2.21 bits per heavy atom. The fraction of sp³-hybridized carbons (Fsp3) is 0.467. The van der Waals surface area contributed by atoms with Crippen LogP contribution in [0.25, 0.3) is 0 Å². The van der Waals surface area contributed by atoms with Crippen molar-refractivity contribution in [2.24, 2.45) is 5.92 Å². The lowest BCUT2D eigenvalue weighted by atomic mass is 9.74. The zero-order chi connectivity index (χ0) is 13.2. The third-order valence-electron chi connectivity index (χ3n) is 4.04. The molecule has 4 heteroatoms. The Balaban J connectivity index is 2.07. The second-order valence-electron chi connectivity index (χ2n) is 5.19. The fourth-order valence-corrected chi connectivity index (χ4v) is 4.17. The summed E-state index contributed by atoms with van der Waals surface area (Å²) in [5, 5.41) is 2.19. The zero-order valence-corrected chi connectivity index (χ0v) is 12.0. The van der Waals surface area contributed by atoms with Crippen molar-refractivity contribution in [1.82, 2.24) is 9.97 Å². The Labute approximate surface area is 117 Å². The van der Waals surface area contributed by atoms with Crippen molar-refractivity contribution in [3.63, 3.8) is 0 Å². The van der Waals surface area contributed by atoms with E-state index in [1.54, 1.807) is 12.4 Å². The number of fused-ring (bicyclic) bond motifs is 1. The third kappa shape index (κ3) is 2.25. The monoisotopic (exact) mass is 273 g/mol. The normalized spacial score (nSPS) is 22.2. The van der Waals surface area contributed by atoms with E-state index in [2.05, 4.69) is 28.3 Å². The maximum Gasteiger partial charge on any atom is 0.145 e. The number of nitrogens with two attached hydrogens (primary N) is 1. The molecule has 1 aliphatic rings. The van der Waals surface area contributed by atoms with E-state index in [4.69, 9.17) is 5.73 Å². The minimum absolute atomic E-state index is 0.337. The van der Waals surface area contributed by atoms with Gasteiger partial charge in [0.15, 0.2) is 0 Å². The van der Waals surface area contributed by atoms with Gasteiger partial charge in [0.2, 0.25) is 0 Å². The molecule has 0 amide bonds. The minimum Gasteiger partial charge on any atom is -0.382 e. The molecule has 0 saturated carbocycles. The summed E-state index contributed by atoms with van der Waals surface area (Å²) in [6, 6.07) is 2.25. The van der Waals surface area contributed by atoms with Gasteiger partial charge in [-0.2, -0.15) is 0 Å². The molecule has 3 nitrogen and oxygen atoms in total. The molecule has 0 unspecified atom stereocenters. The number of anilines is 1. The van der Waals surface area contributed by atoms with E-state index in [-0.39, 0.29) is 0 Å². The average molecular weight is 273 g/mol. The van der Waals surface area contributed by atoms with Gasteiger partial charge < -0.3 is 5.73 Å². The second-order valence-corrected chi connectivity index (χ2v) is 6.19. The number of nitrogens with zero attached hydrogens (tertiary/aromatic N) is 2. The van der Waals surface area contributed by atoms with E-state index >= 15 is 0 Å². The molecule has 0 radical (unpaired) electrons. The van der Waals surface area contributed by atoms with Crippen LogP contribution in [0.1, 0.15) is 48.2 Å². The van der Waals surface area contributed by atoms with Crippen molar-refractivity contribution in [2.45, 2.75) is 38.5 Å². The summed E-state index contributed by atoms with van der Waals surface area (Å²) in [6.45, 7) is 2.25. The third-order valence-corrected chi connectivity index (χ3v) is 5.04. The van der Waals surface area contributed by atoms with Gasteiger partial charge in [-0.1, -0.05) is 13.3 Å². The van der Waals surface area contributed by atoms with Crippen molar-refractivity contribution in [3.8, 4) is 0 Å². The molecule has 0 spiro atoms. The quantitative estimate of drug-likeness (QED) is 0.929. The lowest BCUT2D eigenvalue weighted by Gasteiger charge is -2.31. The molecular formula is C15H19N3S. The second kappa shape index (κ2) is 5.29. The zero-order valence-electron chi connectivity index (χ0n) is 11.2. The highest BCUT2D eigenvalue weighted by atomic mass is 32.1. The van der Waals surface area contributed by atoms with Crippen LogP contribution >= 0.6 is 11.3 Å². The summed E-state index contributed by atoms with van der Waals surface area (Å²) in [7, 11) is 0. The molecule has 2 atom stereocenters. The molecule has 19 heavy (non-hydrogen) atoms. The predicted octanol–water partition coefficient (Wildman–Crippen LogP) is 3.61. The SMILES string of the molecule is CCC[C@H]1CCc2sccc2[C@H]1c1nccnc1N. The molecule has 0 aliphatic heterocycles. The van der Waals surface area contributed by atoms with Gasteiger partial charge in [0, 0.05) is 23.2 Å². The number of hydrogen-bond donors (Lipinski definition) is 1. The Kier molecular flexibility index (Phi) is 3.51. The van der Waals surface area contributed by atoms with Crippen LogP contribution in [-0.4, -0.2) is 9.97 Å². The molecule has 0 aromatic carbocycles. The van der Waals surface area contributed by atoms with Gasteiger partial charge in [0.05, 0.1) is 5.69 Å². The van der Waals surface area contributed by atoms with Crippen LogP contribution < -0.4 is 5.73 Å². The number of aromatic nitrogens is 2. The molecule has 0 bridgehead atoms. The van der Waals surface area contributed by atoms with Gasteiger partial charge in [-0.15, -0.1) is 11.3 Å². The summed E-state index contributed by atoms with van der Waals surface area (Å²) < 4.78 is 0. The standard InChI is InChI=1S/C15H19N3S/c1-2-3-10-4-5-12-11(6-9-19-12)13(10)14-15(16)18-8-7-17-14/h6-10,13H,2-5H2,1H3,(H2,16,18)/t10-,13-/m0/s1. The summed E-state index contributed by atoms with van der Waals surface area (Å²) in [4.78, 5) is 10.3. The van der Waals surface area contributed by atoms with E-state index < -0.39 is 0 Å². The van der Waals surface area contributed by atoms with Crippen LogP contribution in [0.2, 0.25) is 0 Å². The average Bonchev–Trinajstić information content (AvgIpc) is 2.88. The first kappa shape index (κ1) is 12.6. The lowest BCUT2D eigenvalue weighted by Crippen LogP contribution is -2.22. The van der Waals surface area contributed by atoms with Crippen LogP contribution in [0, 0.1) is 5.92 Å². The van der Waals surface area contributed by atoms with E-state index in [0.717, 1.165) is 5.69 Å². The lowest BCUT2D eigenvalue weighted by molar-refractivity contribution is 0.378. The van der Waals surface area contributed by atoms with Crippen molar-refractivity contribution in [1.29, 1.82) is 0 Å². The van der Waals surface area contributed by atoms with Gasteiger partial charge >= 0.3 is 0 Å². The summed E-state index contributed by atoms with van der Waals surface area (Å²) in [5.74, 6) is 1.57. The molecule has 100 valence electrons. The number of nitrogen functional groups attached to an aromatic ring is 1. The Morgan fingerprint density at radius 1 is 1.37 bits per heavy atom. The van der Waals surface area contributed by atoms with Gasteiger partial charge in [-0.05, 0) is 42.2 Å². The predicted molar refractivity (Wildman–Crippen MR) is 79.3 cm³/mol. The van der Waals surface area contributed by atoms with Crippen LogP contribution in [0.5, 0.6) is 0 Å². The first-order chi connectivity index (χ1) is 9.31. The van der Waals surface area contributed by atoms with Crippen molar-refractivity contribution < 1.29 is 0 Å². The number of aryl methyl sites for hydroxylation is 1. The molecule has 1 aliphatic carbocycles. The molecule has 2 aromatic rings. The van der Waals surface area contributed by atoms with Crippen LogP contribution in [0.3, 0.4) is 0 Å². The van der Waals surface area contributed by atoms with Crippen molar-refractivity contribution in [3.05, 3.63) is 40.0 Å². The topological polar surface area (TPSA) is 51.8 Å². The smallest absolute Gasteiger partial charge is 0.145 e. The molecular weight excluding hydrogens is 254 g/mol. The molecule has 2 aromatic heterocycles. The fourth-order valence-electron chi connectivity index (χ4n) is 3.22. The Morgan fingerprint density at radius 3 is 3.00 bits per heavy atom. The van der Waals surface area contributed by atoms with Crippen molar-refractivity contribution >= 4 is 17.2 Å². The van der Waals surface area contributed by atoms with Gasteiger partial charge in [0.25, 0.3) is 0 Å². The Bertz CT molecular complexity index is 564. The molecule has 0 fully saturated rings. The molecule has 2 heterocycles. The minimum atomic E-state index is 0.337. The van der Waals surface area contributed by atoms with Crippen LogP contribution in [-0.2, 0) is 6.42 Å². The number of thiophene rings is 1. The van der Waals surface area contributed by atoms with Gasteiger partial charge in [-0.25, -0.2) is 4.98 Å². The first-order valence-corrected chi connectivity index (χ1v) is 7.81. The highest BCUT2D eigenvalue weighted by molar-refractivity contribution is 7.10. The summed E-state index contributed by atoms with van der Waals surface area (Å²) in [5.41, 5.74) is 8.47. The van der Waals surface area contributed by atoms with Gasteiger partial charge in [0.1, 0.15) is 5.82 Å². The largest absolute Gasteiger partial charge is 0.382 e. The Hall–Kier alpha value is -1.42. The number of hydrogen-bond acceptors (Lipinski definition) is 4. The summed E-state index contributed by atoms with van der Waals surface area (Å²) in [6.07, 6.45) is 8.31. The summed E-state index contributed by atoms with van der Waals surface area (Å²) >= 11 is 1.86. The first-order valence-electron chi connectivity index (χ1n) is 6.94. The highest BCUT2D eigenvalue weighted by Gasteiger charge is 2.33. The van der Waals surface area contributed by atoms with E-state index in [1.165, 1.54) is 36.1 Å². The number of rotatable bonds is 3. The van der Waals surface area contributed by atoms with E-state index in [9.17, 15) is 0 Å². The maximum absolute atomic E-state index is 6.07. The molecule has 2 N–H and O–H groups in total. The van der Waals surface area contributed by atoms with Crippen molar-refractivity contribution in [2.75, 3.05) is 5.73 Å². The molecule has 3 rings (SSSR count). The van der Waals surface area contributed by atoms with Crippen LogP contribution in [0.15, 0.2) is 23.8 Å².